The molecule has 14 heavy (non-hydrogen) atoms. The van der Waals surface area contributed by atoms with Crippen molar-refractivity contribution < 1.29 is 28.5 Å². The lowest BCUT2D eigenvalue weighted by atomic mass is 10.2. The van der Waals surface area contributed by atoms with Crippen LogP contribution in [0.25, 0.3) is 11.3 Å². The summed E-state index contributed by atoms with van der Waals surface area (Å²) in [5.41, 5.74) is 2.58. The summed E-state index contributed by atoms with van der Waals surface area (Å²) >= 11 is 1.79. The molecule has 1 aromatic heterocycles. The van der Waals surface area contributed by atoms with Crippen LogP contribution in [0.4, 0.5) is 0 Å². The second-order valence-corrected chi connectivity index (χ2v) is 4.13. The molecule has 0 spiro atoms. The summed E-state index contributed by atoms with van der Waals surface area (Å²) in [6, 6.07) is 10.5. The monoisotopic (exact) mass is 317 g/mol. The van der Waals surface area contributed by atoms with E-state index in [1.165, 1.54) is 16.3 Å². The third-order valence-corrected chi connectivity index (χ3v) is 3.20. The zero-order valence-electron chi connectivity index (χ0n) is 8.20. The lowest BCUT2D eigenvalue weighted by Crippen LogP contribution is -3.00. The van der Waals surface area contributed by atoms with Gasteiger partial charge in [0.1, 0.15) is 7.05 Å². The lowest BCUT2D eigenvalue weighted by molar-refractivity contribution is -0.661. The highest BCUT2D eigenvalue weighted by atomic mass is 127. The van der Waals surface area contributed by atoms with Crippen molar-refractivity contribution in [3.8, 4) is 11.3 Å². The molecule has 1 nitrogen and oxygen atoms in total. The van der Waals surface area contributed by atoms with Gasteiger partial charge in [0.05, 0.1) is 5.38 Å². The topological polar surface area (TPSA) is 3.88 Å². The average Bonchev–Trinajstić information content (AvgIpc) is 2.49. The van der Waals surface area contributed by atoms with Crippen molar-refractivity contribution in [2.75, 3.05) is 0 Å². The Hall–Kier alpha value is -0.420. The molecule has 0 bridgehead atoms. The molecule has 0 aliphatic rings. The molecule has 0 radical (unpaired) electrons. The van der Waals surface area contributed by atoms with Crippen molar-refractivity contribution in [2.45, 2.75) is 6.92 Å². The third kappa shape index (κ3) is 2.15. The molecule has 0 amide bonds. The van der Waals surface area contributed by atoms with Gasteiger partial charge in [-0.1, -0.05) is 29.5 Å². The maximum Gasteiger partial charge on any atom is 0.234 e. The minimum Gasteiger partial charge on any atom is -1.00 e. The van der Waals surface area contributed by atoms with E-state index in [0.717, 1.165) is 0 Å². The Balaban J connectivity index is 0.000000980. The first kappa shape index (κ1) is 11.7. The quantitative estimate of drug-likeness (QED) is 0.496. The Morgan fingerprint density at radius 1 is 1.14 bits per heavy atom. The maximum absolute atomic E-state index is 2.22. The normalized spacial score (nSPS) is 9.57. The maximum atomic E-state index is 2.22. The Kier molecular flexibility index (Phi) is 4.07. The highest BCUT2D eigenvalue weighted by Crippen LogP contribution is 2.18. The van der Waals surface area contributed by atoms with Crippen molar-refractivity contribution in [3.63, 3.8) is 0 Å². The van der Waals surface area contributed by atoms with E-state index in [0.29, 0.717) is 0 Å². The smallest absolute Gasteiger partial charge is 0.234 e. The van der Waals surface area contributed by atoms with Crippen LogP contribution < -0.4 is 28.5 Å². The van der Waals surface area contributed by atoms with Gasteiger partial charge in [0.15, 0.2) is 0 Å². The van der Waals surface area contributed by atoms with Crippen LogP contribution >= 0.6 is 11.3 Å². The van der Waals surface area contributed by atoms with Gasteiger partial charge < -0.3 is 24.0 Å². The summed E-state index contributed by atoms with van der Waals surface area (Å²) in [5, 5.41) is 3.53. The minimum atomic E-state index is 0. The molecular formula is C11H12INS. The van der Waals surface area contributed by atoms with Gasteiger partial charge in [-0.15, -0.1) is 0 Å². The molecular weight excluding hydrogens is 305 g/mol. The summed E-state index contributed by atoms with van der Waals surface area (Å²) < 4.78 is 2.22. The van der Waals surface area contributed by atoms with Gasteiger partial charge in [-0.05, 0) is 12.1 Å². The molecule has 1 aromatic carbocycles. The van der Waals surface area contributed by atoms with Crippen molar-refractivity contribution >= 4 is 11.3 Å². The number of halogens is 1. The first-order chi connectivity index (χ1) is 6.29. The van der Waals surface area contributed by atoms with Gasteiger partial charge in [-0.3, -0.25) is 0 Å². The molecule has 1 heterocycles. The van der Waals surface area contributed by atoms with Crippen molar-refractivity contribution in [2.24, 2.45) is 7.05 Å². The second-order valence-electron chi connectivity index (χ2n) is 3.07. The van der Waals surface area contributed by atoms with Crippen LogP contribution in [0.5, 0.6) is 0 Å². The second kappa shape index (κ2) is 4.89. The summed E-state index contributed by atoms with van der Waals surface area (Å²) in [4.78, 5) is 0. The first-order valence-electron chi connectivity index (χ1n) is 4.28. The molecule has 0 aliphatic heterocycles. The van der Waals surface area contributed by atoms with Crippen molar-refractivity contribution in [1.29, 1.82) is 0 Å². The first-order valence-corrected chi connectivity index (χ1v) is 5.16. The fourth-order valence-corrected chi connectivity index (χ4v) is 2.17. The summed E-state index contributed by atoms with van der Waals surface area (Å²) in [5.74, 6) is 0. The zero-order chi connectivity index (χ0) is 9.26. The molecule has 0 N–H and O–H groups in total. The van der Waals surface area contributed by atoms with Crippen LogP contribution in [0.2, 0.25) is 0 Å². The largest absolute Gasteiger partial charge is 1.00 e. The number of hydrogen-bond acceptors (Lipinski definition) is 1. The Morgan fingerprint density at radius 2 is 1.79 bits per heavy atom. The molecule has 0 fully saturated rings. The third-order valence-electron chi connectivity index (χ3n) is 2.24. The number of aromatic nitrogens is 1. The molecule has 0 atom stereocenters. The Bertz CT molecular complexity index is 408. The number of nitrogens with zero attached hydrogens (tertiary/aromatic N) is 1. The van der Waals surface area contributed by atoms with Crippen LogP contribution in [0.1, 0.15) is 5.01 Å². The molecule has 2 rings (SSSR count). The van der Waals surface area contributed by atoms with E-state index in [9.17, 15) is 0 Å². The van der Waals surface area contributed by atoms with Crippen molar-refractivity contribution in [1.82, 2.24) is 0 Å². The number of thiazole rings is 1. The van der Waals surface area contributed by atoms with E-state index in [2.05, 4.69) is 48.2 Å². The van der Waals surface area contributed by atoms with E-state index in [1.54, 1.807) is 11.3 Å². The highest BCUT2D eigenvalue weighted by Gasteiger charge is 2.13. The summed E-state index contributed by atoms with van der Waals surface area (Å²) in [6.07, 6.45) is 0. The lowest BCUT2D eigenvalue weighted by Gasteiger charge is -1.93. The average molecular weight is 317 g/mol. The van der Waals surface area contributed by atoms with Gasteiger partial charge in [-0.2, -0.15) is 4.57 Å². The van der Waals surface area contributed by atoms with Crippen LogP contribution in [0.15, 0.2) is 35.7 Å². The van der Waals surface area contributed by atoms with Crippen LogP contribution in [0, 0.1) is 6.92 Å². The Labute approximate surface area is 105 Å². The van der Waals surface area contributed by atoms with Gasteiger partial charge in [0.25, 0.3) is 0 Å². The molecule has 0 saturated carbocycles. The SMILES string of the molecule is Cc1scc(-c2ccccc2)[n+]1C.[I-]. The fraction of sp³-hybridized carbons (Fsp3) is 0.182. The van der Waals surface area contributed by atoms with Crippen LogP contribution in [0.3, 0.4) is 0 Å². The Morgan fingerprint density at radius 3 is 2.29 bits per heavy atom. The number of hydrogen-bond donors (Lipinski definition) is 0. The zero-order valence-corrected chi connectivity index (χ0v) is 11.2. The van der Waals surface area contributed by atoms with Crippen LogP contribution in [-0.4, -0.2) is 0 Å². The predicted octanol–water partition coefficient (Wildman–Crippen LogP) is -0.448. The van der Waals surface area contributed by atoms with Gasteiger partial charge >= 0.3 is 0 Å². The predicted molar refractivity (Wildman–Crippen MR) is 55.7 cm³/mol. The highest BCUT2D eigenvalue weighted by molar-refractivity contribution is 7.09. The van der Waals surface area contributed by atoms with Gasteiger partial charge in [0, 0.05) is 12.5 Å². The molecule has 0 saturated heterocycles. The number of aryl methyl sites for hydroxylation is 1. The standard InChI is InChI=1S/C11H12NS.HI/c1-9-12(2)11(8-13-9)10-6-4-3-5-7-10;/h3-8H,1-2H3;1H/q+1;/p-1. The number of benzene rings is 1. The van der Waals surface area contributed by atoms with Gasteiger partial charge in [0.2, 0.25) is 10.7 Å². The summed E-state index contributed by atoms with van der Waals surface area (Å²) in [6.45, 7) is 2.14. The molecule has 2 aromatic rings. The van der Waals surface area contributed by atoms with Gasteiger partial charge in [-0.25, -0.2) is 0 Å². The van der Waals surface area contributed by atoms with E-state index >= 15 is 0 Å². The fourth-order valence-electron chi connectivity index (χ4n) is 1.34. The summed E-state index contributed by atoms with van der Waals surface area (Å²) in [7, 11) is 2.11. The minimum absolute atomic E-state index is 0. The van der Waals surface area contributed by atoms with E-state index in [-0.39, 0.29) is 24.0 Å². The molecule has 74 valence electrons. The molecule has 3 heteroatoms. The van der Waals surface area contributed by atoms with E-state index in [1.807, 2.05) is 6.07 Å². The van der Waals surface area contributed by atoms with Crippen LogP contribution in [-0.2, 0) is 7.05 Å². The number of rotatable bonds is 1. The van der Waals surface area contributed by atoms with E-state index in [4.69, 9.17) is 0 Å². The van der Waals surface area contributed by atoms with Crippen molar-refractivity contribution in [3.05, 3.63) is 40.7 Å². The molecule has 0 aliphatic carbocycles. The molecule has 0 unspecified atom stereocenters. The van der Waals surface area contributed by atoms with E-state index < -0.39 is 0 Å².